The van der Waals surface area contributed by atoms with Gasteiger partial charge in [0.25, 0.3) is 5.91 Å². The second-order valence-electron chi connectivity index (χ2n) is 7.17. The second kappa shape index (κ2) is 9.06. The number of likely N-dealkylation sites (tertiary alicyclic amines) is 1. The summed E-state index contributed by atoms with van der Waals surface area (Å²) in [6, 6.07) is 11.2. The molecule has 1 aliphatic heterocycles. The lowest BCUT2D eigenvalue weighted by Gasteiger charge is -2.31. The molecule has 1 saturated heterocycles. The molecule has 1 aliphatic rings. The zero-order valence-corrected chi connectivity index (χ0v) is 18.3. The molecule has 0 saturated carbocycles. The number of rotatable bonds is 5. The van der Waals surface area contributed by atoms with E-state index in [1.54, 1.807) is 41.3 Å². The molecule has 160 valence electrons. The summed E-state index contributed by atoms with van der Waals surface area (Å²) >= 11 is 6.02. The van der Waals surface area contributed by atoms with Crippen LogP contribution in [0.1, 0.15) is 23.2 Å². The van der Waals surface area contributed by atoms with Crippen molar-refractivity contribution in [2.24, 2.45) is 5.92 Å². The van der Waals surface area contributed by atoms with Crippen LogP contribution in [-0.2, 0) is 14.6 Å². The number of nitrogens with one attached hydrogen (secondary N) is 1. The molecule has 0 atom stereocenters. The number of amides is 2. The van der Waals surface area contributed by atoms with Crippen molar-refractivity contribution in [2.75, 3.05) is 31.8 Å². The van der Waals surface area contributed by atoms with Gasteiger partial charge in [0.05, 0.1) is 23.3 Å². The highest BCUT2D eigenvalue weighted by Gasteiger charge is 2.29. The number of nitrogens with zero attached hydrogens (tertiary/aromatic N) is 1. The van der Waals surface area contributed by atoms with Gasteiger partial charge in [0.2, 0.25) is 5.91 Å². The summed E-state index contributed by atoms with van der Waals surface area (Å²) in [6.45, 7) is 0.806. The molecule has 3 rings (SSSR count). The summed E-state index contributed by atoms with van der Waals surface area (Å²) in [5.74, 6) is -0.321. The van der Waals surface area contributed by atoms with Crippen molar-refractivity contribution < 1.29 is 22.7 Å². The number of para-hydroxylation sites is 1. The van der Waals surface area contributed by atoms with Gasteiger partial charge in [-0.05, 0) is 43.2 Å². The van der Waals surface area contributed by atoms with Gasteiger partial charge in [0.1, 0.15) is 5.75 Å². The van der Waals surface area contributed by atoms with E-state index in [0.29, 0.717) is 42.3 Å². The van der Waals surface area contributed by atoms with Crippen LogP contribution in [0.5, 0.6) is 5.75 Å². The molecule has 7 nitrogen and oxygen atoms in total. The molecule has 1 fully saturated rings. The van der Waals surface area contributed by atoms with Gasteiger partial charge in [0, 0.05) is 30.3 Å². The highest BCUT2D eigenvalue weighted by Crippen LogP contribution is 2.28. The third-order valence-corrected chi connectivity index (χ3v) is 6.48. The van der Waals surface area contributed by atoms with E-state index in [1.807, 2.05) is 0 Å². The number of carbonyl (C=O) groups excluding carboxylic acids is 2. The number of benzene rings is 2. The lowest BCUT2D eigenvalue weighted by atomic mass is 9.95. The summed E-state index contributed by atoms with van der Waals surface area (Å²) in [6.07, 6.45) is 2.05. The molecule has 0 aliphatic carbocycles. The fourth-order valence-corrected chi connectivity index (χ4v) is 4.51. The summed E-state index contributed by atoms with van der Waals surface area (Å²) < 4.78 is 29.1. The highest BCUT2D eigenvalue weighted by atomic mass is 35.5. The van der Waals surface area contributed by atoms with Crippen LogP contribution in [0.3, 0.4) is 0 Å². The zero-order valence-electron chi connectivity index (χ0n) is 16.7. The van der Waals surface area contributed by atoms with Gasteiger partial charge in [-0.3, -0.25) is 9.59 Å². The van der Waals surface area contributed by atoms with E-state index in [1.165, 1.54) is 13.2 Å². The number of carbonyl (C=O) groups is 2. The monoisotopic (exact) mass is 450 g/mol. The molecule has 0 unspecified atom stereocenters. The Kier molecular flexibility index (Phi) is 6.67. The Hall–Kier alpha value is -2.58. The summed E-state index contributed by atoms with van der Waals surface area (Å²) in [5.41, 5.74) is 0.655. The van der Waals surface area contributed by atoms with Gasteiger partial charge in [-0.15, -0.1) is 0 Å². The smallest absolute Gasteiger partial charge is 0.257 e. The van der Waals surface area contributed by atoms with E-state index in [0.717, 1.165) is 6.26 Å². The van der Waals surface area contributed by atoms with Crippen LogP contribution >= 0.6 is 11.6 Å². The molecule has 2 aromatic carbocycles. The number of piperidine rings is 1. The highest BCUT2D eigenvalue weighted by molar-refractivity contribution is 7.90. The maximum absolute atomic E-state index is 12.9. The Morgan fingerprint density at radius 3 is 2.43 bits per heavy atom. The largest absolute Gasteiger partial charge is 0.496 e. The molecule has 0 aromatic heterocycles. The van der Waals surface area contributed by atoms with Crippen molar-refractivity contribution in [3.8, 4) is 5.75 Å². The van der Waals surface area contributed by atoms with Crippen molar-refractivity contribution in [2.45, 2.75) is 17.7 Å². The van der Waals surface area contributed by atoms with Gasteiger partial charge < -0.3 is 15.0 Å². The molecular formula is C21H23ClN2O5S. The summed E-state index contributed by atoms with van der Waals surface area (Å²) in [5, 5.41) is 3.17. The predicted molar refractivity (Wildman–Crippen MR) is 115 cm³/mol. The van der Waals surface area contributed by atoms with Crippen LogP contribution in [0.2, 0.25) is 5.02 Å². The minimum absolute atomic E-state index is 0.0824. The first-order valence-corrected chi connectivity index (χ1v) is 11.7. The summed E-state index contributed by atoms with van der Waals surface area (Å²) in [4.78, 5) is 27.3. The fraction of sp³-hybridized carbons (Fsp3) is 0.333. The Bertz CT molecular complexity index is 1060. The molecule has 1 heterocycles. The van der Waals surface area contributed by atoms with Crippen LogP contribution in [-0.4, -0.2) is 51.6 Å². The maximum atomic E-state index is 12.9. The van der Waals surface area contributed by atoms with Crippen molar-refractivity contribution in [1.29, 1.82) is 0 Å². The molecule has 30 heavy (non-hydrogen) atoms. The Labute approximate surface area is 180 Å². The molecular weight excluding hydrogens is 428 g/mol. The third kappa shape index (κ3) is 4.94. The van der Waals surface area contributed by atoms with Crippen molar-refractivity contribution in [3.05, 3.63) is 53.1 Å². The standard InChI is InChI=1S/C21H23ClN2O5S/c1-29-18-8-7-15(22)13-16(18)21(26)24-11-9-14(10-12-24)20(25)23-17-5-3-4-6-19(17)30(2,27)28/h3-8,13-14H,9-12H2,1-2H3,(H,23,25). The topological polar surface area (TPSA) is 92.8 Å². The third-order valence-electron chi connectivity index (χ3n) is 5.09. The summed E-state index contributed by atoms with van der Waals surface area (Å²) in [7, 11) is -1.97. The van der Waals surface area contributed by atoms with E-state index in [4.69, 9.17) is 16.3 Å². The Balaban J connectivity index is 1.66. The van der Waals surface area contributed by atoms with Crippen molar-refractivity contribution in [3.63, 3.8) is 0 Å². The molecule has 9 heteroatoms. The lowest BCUT2D eigenvalue weighted by Crippen LogP contribution is -2.41. The van der Waals surface area contributed by atoms with Crippen molar-refractivity contribution in [1.82, 2.24) is 4.90 Å². The van der Waals surface area contributed by atoms with Crippen LogP contribution in [0.4, 0.5) is 5.69 Å². The number of halogens is 1. The molecule has 0 bridgehead atoms. The number of anilines is 1. The quantitative estimate of drug-likeness (QED) is 0.754. The lowest BCUT2D eigenvalue weighted by molar-refractivity contribution is -0.121. The van der Waals surface area contributed by atoms with E-state index < -0.39 is 9.84 Å². The zero-order chi connectivity index (χ0) is 21.9. The van der Waals surface area contributed by atoms with Gasteiger partial charge in [-0.1, -0.05) is 23.7 Å². The van der Waals surface area contributed by atoms with Crippen LogP contribution in [0, 0.1) is 5.92 Å². The number of ether oxygens (including phenoxy) is 1. The molecule has 0 radical (unpaired) electrons. The molecule has 0 spiro atoms. The van der Waals surface area contributed by atoms with E-state index >= 15 is 0 Å². The minimum Gasteiger partial charge on any atom is -0.496 e. The van der Waals surface area contributed by atoms with Gasteiger partial charge in [-0.25, -0.2) is 8.42 Å². The number of hydrogen-bond donors (Lipinski definition) is 1. The first kappa shape index (κ1) is 22.1. The van der Waals surface area contributed by atoms with Crippen molar-refractivity contribution >= 4 is 38.9 Å². The molecule has 2 aromatic rings. The number of sulfone groups is 1. The van der Waals surface area contributed by atoms with Crippen LogP contribution in [0.25, 0.3) is 0 Å². The normalized spacial score (nSPS) is 15.0. The second-order valence-corrected chi connectivity index (χ2v) is 9.59. The first-order chi connectivity index (χ1) is 14.2. The van der Waals surface area contributed by atoms with Gasteiger partial charge in [0.15, 0.2) is 9.84 Å². The molecule has 1 N–H and O–H groups in total. The van der Waals surface area contributed by atoms with Crippen LogP contribution in [0.15, 0.2) is 47.4 Å². The average Bonchev–Trinajstić information content (AvgIpc) is 2.73. The Morgan fingerprint density at radius 2 is 1.80 bits per heavy atom. The minimum atomic E-state index is -3.46. The maximum Gasteiger partial charge on any atom is 0.257 e. The number of methoxy groups -OCH3 is 1. The van der Waals surface area contributed by atoms with Gasteiger partial charge in [-0.2, -0.15) is 0 Å². The van der Waals surface area contributed by atoms with Gasteiger partial charge >= 0.3 is 0 Å². The SMILES string of the molecule is COc1ccc(Cl)cc1C(=O)N1CCC(C(=O)Nc2ccccc2S(C)(=O)=O)CC1. The first-order valence-electron chi connectivity index (χ1n) is 9.43. The van der Waals surface area contributed by atoms with E-state index in [2.05, 4.69) is 5.32 Å². The Morgan fingerprint density at radius 1 is 1.13 bits per heavy atom. The van der Waals surface area contributed by atoms with E-state index in [9.17, 15) is 18.0 Å². The van der Waals surface area contributed by atoms with E-state index in [-0.39, 0.29) is 28.3 Å². The average molecular weight is 451 g/mol. The van der Waals surface area contributed by atoms with Crippen LogP contribution < -0.4 is 10.1 Å². The molecule has 2 amide bonds. The predicted octanol–water partition coefficient (Wildman–Crippen LogP) is 3.24. The fourth-order valence-electron chi connectivity index (χ4n) is 3.49. The number of hydrogen-bond acceptors (Lipinski definition) is 5.